The SMILES string of the molecule is CCn1cc2cc(Nc3nc(=O)n(Cc4ncn(C)n4)c(=O)n3Cc3cc(F)c(F)cc3F)c(Cl)cc2n1. The van der Waals surface area contributed by atoms with Crippen LogP contribution in [0.4, 0.5) is 24.8 Å². The molecule has 2 aromatic carbocycles. The third kappa shape index (κ3) is 4.77. The Kier molecular flexibility index (Phi) is 6.48. The molecule has 0 spiro atoms. The maximum absolute atomic E-state index is 14.5. The highest BCUT2D eigenvalue weighted by Gasteiger charge is 2.19. The average molecular weight is 546 g/mol. The van der Waals surface area contributed by atoms with E-state index in [0.717, 1.165) is 9.13 Å². The highest BCUT2D eigenvalue weighted by atomic mass is 35.5. The standard InChI is InChI=1S/C23H19ClF3N9O2/c1-3-34-8-13-5-19(14(24)6-18(13)31-34)29-21-30-22(37)36(10-20-28-11-33(2)32-20)23(38)35(21)9-12-4-16(26)17(27)7-15(12)25/h4-8,11H,3,9-10H2,1-2H3,(H,29,30,37). The third-order valence-corrected chi connectivity index (χ3v) is 6.04. The van der Waals surface area contributed by atoms with Crippen molar-refractivity contribution < 1.29 is 13.2 Å². The fourth-order valence-electron chi connectivity index (χ4n) is 3.83. The lowest BCUT2D eigenvalue weighted by Gasteiger charge is -2.16. The number of halogens is 4. The van der Waals surface area contributed by atoms with E-state index in [1.807, 2.05) is 6.92 Å². The van der Waals surface area contributed by atoms with Crippen LogP contribution in [0.1, 0.15) is 18.3 Å². The highest BCUT2D eigenvalue weighted by Crippen LogP contribution is 2.29. The first-order valence-corrected chi connectivity index (χ1v) is 11.6. The highest BCUT2D eigenvalue weighted by molar-refractivity contribution is 6.34. The Labute approximate surface area is 216 Å². The van der Waals surface area contributed by atoms with Gasteiger partial charge in [-0.25, -0.2) is 32.3 Å². The van der Waals surface area contributed by atoms with Gasteiger partial charge in [0.1, 0.15) is 12.1 Å². The van der Waals surface area contributed by atoms with E-state index in [-0.39, 0.29) is 34.6 Å². The zero-order valence-corrected chi connectivity index (χ0v) is 20.7. The minimum absolute atomic E-state index is 0.154. The van der Waals surface area contributed by atoms with Gasteiger partial charge in [0, 0.05) is 36.8 Å². The van der Waals surface area contributed by atoms with Gasteiger partial charge in [0.2, 0.25) is 5.95 Å². The predicted octanol–water partition coefficient (Wildman–Crippen LogP) is 2.81. The summed E-state index contributed by atoms with van der Waals surface area (Å²) in [5.74, 6) is -3.91. The van der Waals surface area contributed by atoms with Crippen LogP contribution in [0, 0.1) is 17.5 Å². The lowest BCUT2D eigenvalue weighted by Crippen LogP contribution is -2.43. The van der Waals surface area contributed by atoms with Gasteiger partial charge in [-0.1, -0.05) is 11.6 Å². The van der Waals surface area contributed by atoms with Crippen LogP contribution >= 0.6 is 11.6 Å². The van der Waals surface area contributed by atoms with Crippen LogP contribution in [0.2, 0.25) is 5.02 Å². The van der Waals surface area contributed by atoms with Gasteiger partial charge < -0.3 is 5.32 Å². The molecule has 0 aliphatic rings. The van der Waals surface area contributed by atoms with Crippen molar-refractivity contribution in [3.05, 3.63) is 91.6 Å². The molecule has 3 aromatic heterocycles. The number of benzene rings is 2. The Morgan fingerprint density at radius 3 is 2.45 bits per heavy atom. The topological polar surface area (TPSA) is 117 Å². The zero-order chi connectivity index (χ0) is 27.1. The Morgan fingerprint density at radius 2 is 1.74 bits per heavy atom. The van der Waals surface area contributed by atoms with Gasteiger partial charge in [-0.2, -0.15) is 15.2 Å². The minimum atomic E-state index is -1.38. The summed E-state index contributed by atoms with van der Waals surface area (Å²) in [7, 11) is 1.61. The molecule has 0 atom stereocenters. The molecule has 0 radical (unpaired) electrons. The van der Waals surface area contributed by atoms with Crippen LogP contribution in [-0.4, -0.2) is 38.7 Å². The normalized spacial score (nSPS) is 11.4. The largest absolute Gasteiger partial charge is 0.355 e. The second kappa shape index (κ2) is 9.78. The third-order valence-electron chi connectivity index (χ3n) is 5.73. The van der Waals surface area contributed by atoms with Crippen molar-refractivity contribution in [2.45, 2.75) is 26.6 Å². The number of hydrogen-bond acceptors (Lipinski definition) is 7. The number of aromatic nitrogens is 8. The molecular weight excluding hydrogens is 527 g/mol. The summed E-state index contributed by atoms with van der Waals surface area (Å²) in [6.07, 6.45) is 3.17. The molecule has 38 heavy (non-hydrogen) atoms. The van der Waals surface area contributed by atoms with Crippen molar-refractivity contribution in [2.24, 2.45) is 7.05 Å². The summed E-state index contributed by atoms with van der Waals surface area (Å²) in [4.78, 5) is 34.3. The molecule has 3 heterocycles. The van der Waals surface area contributed by atoms with Crippen LogP contribution in [0.3, 0.4) is 0 Å². The Hall–Kier alpha value is -4.46. The molecule has 196 valence electrons. The maximum atomic E-state index is 14.5. The first kappa shape index (κ1) is 25.2. The fourth-order valence-corrected chi connectivity index (χ4v) is 4.04. The molecular formula is C23H19ClF3N9O2. The van der Waals surface area contributed by atoms with E-state index in [1.165, 1.54) is 11.0 Å². The molecule has 0 saturated carbocycles. The summed E-state index contributed by atoms with van der Waals surface area (Å²) in [5, 5.41) is 12.2. The van der Waals surface area contributed by atoms with E-state index in [0.29, 0.717) is 29.6 Å². The van der Waals surface area contributed by atoms with Crippen LogP contribution in [0.5, 0.6) is 0 Å². The van der Waals surface area contributed by atoms with Crippen molar-refractivity contribution in [3.8, 4) is 0 Å². The first-order chi connectivity index (χ1) is 18.1. The summed E-state index contributed by atoms with van der Waals surface area (Å²) in [5.41, 5.74) is -1.30. The molecule has 0 unspecified atom stereocenters. The zero-order valence-electron chi connectivity index (χ0n) is 20.0. The smallest absolute Gasteiger partial charge is 0.324 e. The van der Waals surface area contributed by atoms with Gasteiger partial charge in [-0.3, -0.25) is 13.9 Å². The number of nitrogens with one attached hydrogen (secondary N) is 1. The van der Waals surface area contributed by atoms with E-state index in [2.05, 4.69) is 25.5 Å². The van der Waals surface area contributed by atoms with E-state index in [9.17, 15) is 22.8 Å². The molecule has 5 rings (SSSR count). The summed E-state index contributed by atoms with van der Waals surface area (Å²) < 4.78 is 46.7. The quantitative estimate of drug-likeness (QED) is 0.312. The van der Waals surface area contributed by atoms with Crippen molar-refractivity contribution in [3.63, 3.8) is 0 Å². The molecule has 0 fully saturated rings. The number of anilines is 2. The summed E-state index contributed by atoms with van der Waals surface area (Å²) >= 11 is 6.42. The Balaban J connectivity index is 1.63. The molecule has 0 aliphatic heterocycles. The summed E-state index contributed by atoms with van der Waals surface area (Å²) in [6.45, 7) is 1.64. The van der Waals surface area contributed by atoms with Crippen molar-refractivity contribution in [2.75, 3.05) is 5.32 Å². The van der Waals surface area contributed by atoms with Crippen LogP contribution in [-0.2, 0) is 26.7 Å². The molecule has 1 N–H and O–H groups in total. The monoisotopic (exact) mass is 545 g/mol. The van der Waals surface area contributed by atoms with Gasteiger partial charge in [0.25, 0.3) is 0 Å². The summed E-state index contributed by atoms with van der Waals surface area (Å²) in [6, 6.07) is 4.25. The first-order valence-electron chi connectivity index (χ1n) is 11.3. The maximum Gasteiger partial charge on any atom is 0.355 e. The van der Waals surface area contributed by atoms with Crippen LogP contribution in [0.25, 0.3) is 10.9 Å². The number of hydrogen-bond donors (Lipinski definition) is 1. The van der Waals surface area contributed by atoms with E-state index >= 15 is 0 Å². The molecule has 0 amide bonds. The number of rotatable bonds is 7. The van der Waals surface area contributed by atoms with Crippen molar-refractivity contribution >= 4 is 34.1 Å². The number of nitrogens with zero attached hydrogens (tertiary/aromatic N) is 8. The second-order valence-electron chi connectivity index (χ2n) is 8.37. The fraction of sp³-hybridized carbons (Fsp3) is 0.217. The molecule has 5 aromatic rings. The van der Waals surface area contributed by atoms with E-state index in [1.54, 1.807) is 30.1 Å². The Bertz CT molecular complexity index is 1810. The van der Waals surface area contributed by atoms with Gasteiger partial charge >= 0.3 is 11.4 Å². The number of fused-ring (bicyclic) bond motifs is 1. The van der Waals surface area contributed by atoms with Gasteiger partial charge in [-0.05, 0) is 25.1 Å². The van der Waals surface area contributed by atoms with Crippen molar-refractivity contribution in [1.29, 1.82) is 0 Å². The average Bonchev–Trinajstić information content (AvgIpc) is 3.47. The van der Waals surface area contributed by atoms with Crippen molar-refractivity contribution in [1.82, 2.24) is 38.7 Å². The molecule has 11 nitrogen and oxygen atoms in total. The van der Waals surface area contributed by atoms with Crippen LogP contribution < -0.4 is 16.7 Å². The Morgan fingerprint density at radius 1 is 0.974 bits per heavy atom. The minimum Gasteiger partial charge on any atom is -0.324 e. The number of aryl methyl sites for hydroxylation is 2. The molecule has 0 saturated heterocycles. The molecule has 0 aliphatic carbocycles. The predicted molar refractivity (Wildman–Crippen MR) is 132 cm³/mol. The van der Waals surface area contributed by atoms with Crippen LogP contribution in [0.15, 0.2) is 46.4 Å². The van der Waals surface area contributed by atoms with Gasteiger partial charge in [-0.15, -0.1) is 0 Å². The second-order valence-corrected chi connectivity index (χ2v) is 8.77. The molecule has 15 heteroatoms. The van der Waals surface area contributed by atoms with Gasteiger partial charge in [0.05, 0.1) is 29.3 Å². The lowest BCUT2D eigenvalue weighted by atomic mass is 10.2. The van der Waals surface area contributed by atoms with E-state index < -0.39 is 35.4 Å². The van der Waals surface area contributed by atoms with E-state index in [4.69, 9.17) is 11.6 Å². The molecule has 0 bridgehead atoms. The lowest BCUT2D eigenvalue weighted by molar-refractivity contribution is 0.485. The van der Waals surface area contributed by atoms with Gasteiger partial charge in [0.15, 0.2) is 17.5 Å².